The molecule has 0 amide bonds. The van der Waals surface area contributed by atoms with Crippen molar-refractivity contribution in [2.75, 3.05) is 13.3 Å². The predicted octanol–water partition coefficient (Wildman–Crippen LogP) is 6.21. The maximum atomic E-state index is 12.7. The Balaban J connectivity index is 2.01. The summed E-state index contributed by atoms with van der Waals surface area (Å²) >= 11 is 0. The van der Waals surface area contributed by atoms with Crippen LogP contribution in [0.25, 0.3) is 16.7 Å². The predicted molar refractivity (Wildman–Crippen MR) is 117 cm³/mol. The molecule has 0 aromatic heterocycles. The van der Waals surface area contributed by atoms with Crippen LogP contribution < -0.4 is 0 Å². The van der Waals surface area contributed by atoms with Gasteiger partial charge in [-0.2, -0.15) is 13.2 Å². The maximum absolute atomic E-state index is 12.7. The van der Waals surface area contributed by atoms with Crippen LogP contribution >= 0.6 is 7.34 Å². The van der Waals surface area contributed by atoms with Gasteiger partial charge in [0.05, 0.1) is 0 Å². The van der Waals surface area contributed by atoms with Gasteiger partial charge in [-0.25, -0.2) is 4.79 Å². The summed E-state index contributed by atoms with van der Waals surface area (Å²) in [5.41, 5.74) is 2.38. The molecule has 4 nitrogen and oxygen atoms in total. The van der Waals surface area contributed by atoms with E-state index in [1.807, 2.05) is 49.4 Å². The number of esters is 1. The first-order valence-corrected chi connectivity index (χ1v) is 11.8. The monoisotopic (exact) mass is 452 g/mol. The zero-order valence-electron chi connectivity index (χ0n) is 17.7. The minimum absolute atomic E-state index is 0.126. The third kappa shape index (κ3) is 5.41. The zero-order valence-corrected chi connectivity index (χ0v) is 18.6. The lowest BCUT2D eigenvalue weighted by molar-refractivity contribution is -0.153. The van der Waals surface area contributed by atoms with E-state index in [0.717, 1.165) is 16.7 Å². The third-order valence-corrected chi connectivity index (χ3v) is 5.96. The second-order valence-electron chi connectivity index (χ2n) is 7.99. The van der Waals surface area contributed by atoms with Crippen LogP contribution in [0.4, 0.5) is 13.2 Å². The number of ether oxygens (including phenoxy) is 1. The quantitative estimate of drug-likeness (QED) is 0.386. The van der Waals surface area contributed by atoms with E-state index in [1.165, 1.54) is 6.66 Å². The molecule has 0 spiro atoms. The summed E-state index contributed by atoms with van der Waals surface area (Å²) in [5.74, 6) is -0.479. The Bertz CT molecular complexity index is 1070. The van der Waals surface area contributed by atoms with Gasteiger partial charge in [-0.05, 0) is 49.3 Å². The standard InChI is InChI=1S/C23H24F3O4P/c1-15-13-17(16-9-7-6-8-10-16)11-12-18(15)19-20(22(2,3)29-21(19)27)30-31(4,5)28-14-23(24,25)26/h6-13H,4,14H2,1-3,5H3. The van der Waals surface area contributed by atoms with Gasteiger partial charge in [-0.3, -0.25) is 0 Å². The molecule has 1 aliphatic heterocycles. The number of hydrogen-bond acceptors (Lipinski definition) is 4. The molecule has 3 rings (SSSR count). The molecular formula is C23H24F3O4P. The topological polar surface area (TPSA) is 44.8 Å². The highest BCUT2D eigenvalue weighted by Crippen LogP contribution is 2.52. The minimum Gasteiger partial charge on any atom is -0.453 e. The van der Waals surface area contributed by atoms with E-state index in [0.29, 0.717) is 5.56 Å². The first kappa shape index (κ1) is 23.2. The lowest BCUT2D eigenvalue weighted by Crippen LogP contribution is -2.24. The Kier molecular flexibility index (Phi) is 6.14. The van der Waals surface area contributed by atoms with Gasteiger partial charge < -0.3 is 13.8 Å². The average molecular weight is 452 g/mol. The first-order valence-electron chi connectivity index (χ1n) is 9.55. The molecule has 166 valence electrons. The van der Waals surface area contributed by atoms with E-state index < -0.39 is 31.7 Å². The van der Waals surface area contributed by atoms with Crippen molar-refractivity contribution < 1.29 is 31.8 Å². The minimum atomic E-state index is -4.51. The van der Waals surface area contributed by atoms with Crippen molar-refractivity contribution in [2.45, 2.75) is 32.5 Å². The lowest BCUT2D eigenvalue weighted by Gasteiger charge is -2.28. The zero-order chi connectivity index (χ0) is 23.0. The van der Waals surface area contributed by atoms with E-state index in [-0.39, 0.29) is 11.3 Å². The molecule has 0 N–H and O–H groups in total. The Morgan fingerprint density at radius 2 is 1.74 bits per heavy atom. The molecule has 0 saturated carbocycles. The van der Waals surface area contributed by atoms with Crippen LogP contribution in [0.5, 0.6) is 0 Å². The molecule has 2 aromatic rings. The fraction of sp³-hybridized carbons (Fsp3) is 0.304. The van der Waals surface area contributed by atoms with Crippen molar-refractivity contribution in [1.29, 1.82) is 0 Å². The normalized spacial score (nSPS) is 18.0. The summed E-state index contributed by atoms with van der Waals surface area (Å²) in [6, 6.07) is 15.3. The summed E-state index contributed by atoms with van der Waals surface area (Å²) in [7, 11) is -3.18. The number of benzene rings is 2. The van der Waals surface area contributed by atoms with E-state index in [4.69, 9.17) is 13.8 Å². The molecule has 0 fully saturated rings. The molecule has 1 unspecified atom stereocenters. The molecule has 1 atom stereocenters. The van der Waals surface area contributed by atoms with Crippen molar-refractivity contribution in [1.82, 2.24) is 0 Å². The number of carbonyl (C=O) groups excluding carboxylic acids is 1. The van der Waals surface area contributed by atoms with Crippen molar-refractivity contribution >= 4 is 25.2 Å². The molecule has 1 aliphatic rings. The smallest absolute Gasteiger partial charge is 0.412 e. The van der Waals surface area contributed by atoms with Crippen molar-refractivity contribution in [3.05, 3.63) is 65.4 Å². The maximum Gasteiger partial charge on any atom is 0.412 e. The van der Waals surface area contributed by atoms with Crippen LogP contribution in [0.15, 0.2) is 54.3 Å². The molecule has 0 bridgehead atoms. The van der Waals surface area contributed by atoms with Crippen LogP contribution in [-0.2, 0) is 18.6 Å². The third-order valence-electron chi connectivity index (χ3n) is 4.71. The Hall–Kier alpha value is -2.50. The number of aryl methyl sites for hydroxylation is 1. The van der Waals surface area contributed by atoms with Crippen molar-refractivity contribution in [2.24, 2.45) is 0 Å². The first-order chi connectivity index (χ1) is 14.3. The molecule has 8 heteroatoms. The van der Waals surface area contributed by atoms with Gasteiger partial charge in [-0.1, -0.05) is 48.5 Å². The summed E-state index contributed by atoms with van der Waals surface area (Å²) in [6.07, 6.45) is -0.816. The van der Waals surface area contributed by atoms with Crippen LogP contribution in [0, 0.1) is 6.92 Å². The van der Waals surface area contributed by atoms with E-state index in [2.05, 4.69) is 6.30 Å². The van der Waals surface area contributed by atoms with Crippen LogP contribution in [0.3, 0.4) is 0 Å². The number of cyclic esters (lactones) is 1. The van der Waals surface area contributed by atoms with Gasteiger partial charge in [0.15, 0.2) is 18.7 Å². The number of carbonyl (C=O) groups is 1. The molecule has 0 aliphatic carbocycles. The Morgan fingerprint density at radius 1 is 1.10 bits per heavy atom. The second-order valence-corrected chi connectivity index (χ2v) is 10.5. The van der Waals surface area contributed by atoms with Gasteiger partial charge in [0.25, 0.3) is 0 Å². The number of rotatable bonds is 6. The Morgan fingerprint density at radius 3 is 2.32 bits per heavy atom. The molecule has 1 heterocycles. The molecule has 0 radical (unpaired) electrons. The summed E-state index contributed by atoms with van der Waals surface area (Å²) < 4.78 is 54.0. The van der Waals surface area contributed by atoms with Crippen molar-refractivity contribution in [3.63, 3.8) is 0 Å². The van der Waals surface area contributed by atoms with Crippen LogP contribution in [0.1, 0.15) is 25.0 Å². The average Bonchev–Trinajstić information content (AvgIpc) is 2.88. The fourth-order valence-corrected chi connectivity index (χ4v) is 4.46. The van der Waals surface area contributed by atoms with Crippen LogP contribution in [-0.4, -0.2) is 37.3 Å². The molecule has 0 saturated heterocycles. The van der Waals surface area contributed by atoms with Crippen LogP contribution in [0.2, 0.25) is 0 Å². The molecular weight excluding hydrogens is 428 g/mol. The second kappa shape index (κ2) is 8.21. The fourth-order valence-electron chi connectivity index (χ4n) is 3.29. The highest BCUT2D eigenvalue weighted by molar-refractivity contribution is 7.63. The SMILES string of the molecule is C=P(C)(OCC(F)(F)F)OC1=C(c2ccc(-c3ccccc3)cc2C)C(=O)OC1(C)C. The number of hydrogen-bond donors (Lipinski definition) is 0. The Labute approximate surface area is 179 Å². The van der Waals surface area contributed by atoms with Gasteiger partial charge in [0.1, 0.15) is 12.2 Å². The van der Waals surface area contributed by atoms with Gasteiger partial charge in [0, 0.05) is 6.66 Å². The van der Waals surface area contributed by atoms with E-state index in [1.54, 1.807) is 19.9 Å². The molecule has 2 aromatic carbocycles. The van der Waals surface area contributed by atoms with Gasteiger partial charge in [0.2, 0.25) is 0 Å². The highest BCUT2D eigenvalue weighted by Gasteiger charge is 2.45. The number of alkyl halides is 3. The summed E-state index contributed by atoms with van der Waals surface area (Å²) in [4.78, 5) is 12.7. The van der Waals surface area contributed by atoms with Crippen molar-refractivity contribution in [3.8, 4) is 11.1 Å². The largest absolute Gasteiger partial charge is 0.453 e. The highest BCUT2D eigenvalue weighted by atomic mass is 31.2. The molecule has 31 heavy (non-hydrogen) atoms. The summed E-state index contributed by atoms with van der Waals surface area (Å²) in [5, 5.41) is 0. The van der Waals surface area contributed by atoms with Gasteiger partial charge >= 0.3 is 12.1 Å². The summed E-state index contributed by atoms with van der Waals surface area (Å²) in [6.45, 7) is 4.97. The van der Waals surface area contributed by atoms with Gasteiger partial charge in [-0.15, -0.1) is 0 Å². The lowest BCUT2D eigenvalue weighted by atomic mass is 9.93. The number of halogens is 3. The van der Waals surface area contributed by atoms with E-state index >= 15 is 0 Å². The van der Waals surface area contributed by atoms with E-state index in [9.17, 15) is 18.0 Å².